The average Bonchev–Trinajstić information content (AvgIpc) is 3.81. The van der Waals surface area contributed by atoms with E-state index in [9.17, 15) is 0 Å². The van der Waals surface area contributed by atoms with Crippen molar-refractivity contribution in [1.82, 2.24) is 19.5 Å². The van der Waals surface area contributed by atoms with Crippen molar-refractivity contribution in [1.29, 1.82) is 0 Å². The van der Waals surface area contributed by atoms with E-state index in [0.29, 0.717) is 17.5 Å². The lowest BCUT2D eigenvalue weighted by molar-refractivity contribution is 0.332. The van der Waals surface area contributed by atoms with E-state index in [1.165, 1.54) is 75.7 Å². The second-order valence-electron chi connectivity index (χ2n) is 18.0. The minimum Gasteiger partial charge on any atom is -0.309 e. The van der Waals surface area contributed by atoms with Crippen LogP contribution in [0.5, 0.6) is 0 Å². The summed E-state index contributed by atoms with van der Waals surface area (Å²) in [5.41, 5.74) is 9.48. The van der Waals surface area contributed by atoms with Gasteiger partial charge in [0, 0.05) is 53.3 Å². The molecule has 0 amide bonds. The third-order valence-corrected chi connectivity index (χ3v) is 14.4. The molecule has 0 unspecified atom stereocenters. The van der Waals surface area contributed by atoms with Gasteiger partial charge in [-0.2, -0.15) is 0 Å². The van der Waals surface area contributed by atoms with Crippen LogP contribution in [0.25, 0.3) is 103 Å². The first-order chi connectivity index (χ1) is 29.2. The number of rotatable bonds is 4. The van der Waals surface area contributed by atoms with Gasteiger partial charge in [-0.1, -0.05) is 131 Å². The Morgan fingerprint density at radius 3 is 1.72 bits per heavy atom. The van der Waals surface area contributed by atoms with Crippen molar-refractivity contribution in [3.8, 4) is 39.9 Å². The predicted molar refractivity (Wildman–Crippen MR) is 254 cm³/mol. The summed E-state index contributed by atoms with van der Waals surface area (Å²) in [5.74, 6) is 1.96. The molecule has 0 aliphatic heterocycles. The molecule has 60 heavy (non-hydrogen) atoms. The molecular weight excluding hydrogens is 749 g/mol. The molecule has 0 N–H and O–H groups in total. The fourth-order valence-corrected chi connectivity index (χ4v) is 10.9. The first-order valence-corrected chi connectivity index (χ1v) is 21.8. The molecule has 11 aromatic rings. The van der Waals surface area contributed by atoms with Crippen molar-refractivity contribution in [3.05, 3.63) is 169 Å². The van der Waals surface area contributed by atoms with Crippen LogP contribution in [-0.4, -0.2) is 19.5 Å². The Bertz CT molecular complexity index is 3570. The lowest BCUT2D eigenvalue weighted by Gasteiger charge is -2.42. The van der Waals surface area contributed by atoms with Crippen molar-refractivity contribution in [2.24, 2.45) is 0 Å². The van der Waals surface area contributed by atoms with Gasteiger partial charge >= 0.3 is 0 Å². The summed E-state index contributed by atoms with van der Waals surface area (Å²) in [6.07, 6.45) is 2.34. The predicted octanol–water partition coefficient (Wildman–Crippen LogP) is 15.0. The van der Waals surface area contributed by atoms with Crippen molar-refractivity contribution in [2.45, 2.75) is 51.4 Å². The zero-order valence-electron chi connectivity index (χ0n) is 34.1. The monoisotopic (exact) mass is 790 g/mol. The second kappa shape index (κ2) is 12.9. The van der Waals surface area contributed by atoms with E-state index in [4.69, 9.17) is 15.0 Å². The third kappa shape index (κ3) is 5.53. The summed E-state index contributed by atoms with van der Waals surface area (Å²) < 4.78 is 4.97. The Balaban J connectivity index is 1.08. The van der Waals surface area contributed by atoms with E-state index in [0.717, 1.165) is 34.2 Å². The van der Waals surface area contributed by atoms with Crippen molar-refractivity contribution < 1.29 is 0 Å². The van der Waals surface area contributed by atoms with E-state index in [-0.39, 0.29) is 10.8 Å². The van der Waals surface area contributed by atoms with Crippen LogP contribution in [0.3, 0.4) is 0 Å². The van der Waals surface area contributed by atoms with Crippen molar-refractivity contribution in [2.75, 3.05) is 0 Å². The molecule has 0 saturated carbocycles. The van der Waals surface area contributed by atoms with Gasteiger partial charge in [0.25, 0.3) is 0 Å². The van der Waals surface area contributed by atoms with Crippen LogP contribution < -0.4 is 0 Å². The van der Waals surface area contributed by atoms with Crippen molar-refractivity contribution >= 4 is 74.9 Å². The number of nitrogens with zero attached hydrogens (tertiary/aromatic N) is 4. The highest BCUT2D eigenvalue weighted by molar-refractivity contribution is 7.25. The average molecular weight is 791 g/mol. The van der Waals surface area contributed by atoms with Crippen LogP contribution in [0, 0.1) is 0 Å². The van der Waals surface area contributed by atoms with Gasteiger partial charge in [-0.15, -0.1) is 11.3 Å². The summed E-state index contributed by atoms with van der Waals surface area (Å²) >= 11 is 1.81. The van der Waals surface area contributed by atoms with Gasteiger partial charge in [0.2, 0.25) is 0 Å². The maximum atomic E-state index is 5.28. The van der Waals surface area contributed by atoms with Crippen LogP contribution in [0.4, 0.5) is 0 Å². The minimum absolute atomic E-state index is 0.0756. The molecule has 0 spiro atoms. The van der Waals surface area contributed by atoms with Gasteiger partial charge in [-0.3, -0.25) is 0 Å². The zero-order chi connectivity index (χ0) is 40.3. The number of thiophene rings is 1. The number of hydrogen-bond donors (Lipinski definition) is 0. The molecule has 0 bridgehead atoms. The number of hydrogen-bond acceptors (Lipinski definition) is 4. The summed E-state index contributed by atoms with van der Waals surface area (Å²) in [4.78, 5) is 15.7. The molecule has 1 aliphatic rings. The van der Waals surface area contributed by atoms with Gasteiger partial charge in [-0.05, 0) is 111 Å². The molecule has 3 aromatic heterocycles. The Hall–Kier alpha value is -6.69. The molecular formula is C55H42N4S. The van der Waals surface area contributed by atoms with E-state index in [1.54, 1.807) is 0 Å². The molecule has 5 heteroatoms. The van der Waals surface area contributed by atoms with E-state index in [1.807, 2.05) is 11.3 Å². The molecule has 0 radical (unpaired) electrons. The van der Waals surface area contributed by atoms with Gasteiger partial charge in [0.15, 0.2) is 17.5 Å². The van der Waals surface area contributed by atoms with Gasteiger partial charge < -0.3 is 4.57 Å². The molecule has 0 atom stereocenters. The van der Waals surface area contributed by atoms with E-state index >= 15 is 0 Å². The normalized spacial score (nSPS) is 14.8. The van der Waals surface area contributed by atoms with E-state index < -0.39 is 0 Å². The Kier molecular flexibility index (Phi) is 7.59. The second-order valence-corrected chi connectivity index (χ2v) is 19.0. The molecule has 0 saturated heterocycles. The molecule has 288 valence electrons. The summed E-state index contributed by atoms with van der Waals surface area (Å²) in [7, 11) is 0. The number of aromatic nitrogens is 4. The van der Waals surface area contributed by atoms with Crippen LogP contribution in [0.15, 0.2) is 158 Å². The van der Waals surface area contributed by atoms with Gasteiger partial charge in [0.1, 0.15) is 0 Å². The standard InChI is InChI=1S/C55H42N4S/c1-54(2)24-25-55(3,4)46-32-48-44(31-45(46)54)43-28-35-14-7-8-15-36(35)29-47(43)59(48)40-17-11-16-37(27-40)51-56-52(38-21-20-33-12-5-6-13-34(33)26-38)58-53(57-51)39-22-23-42-41-18-9-10-19-49(41)60-50(42)30-39/h5-23,26-32H,24-25H2,1-4H3. The zero-order valence-corrected chi connectivity index (χ0v) is 34.9. The van der Waals surface area contributed by atoms with E-state index in [2.05, 4.69) is 190 Å². The van der Waals surface area contributed by atoms with Crippen LogP contribution >= 0.6 is 11.3 Å². The fourth-order valence-electron chi connectivity index (χ4n) is 9.78. The highest BCUT2D eigenvalue weighted by atomic mass is 32.1. The number of fused-ring (bicyclic) bond motifs is 9. The smallest absolute Gasteiger partial charge is 0.164 e. The van der Waals surface area contributed by atoms with Crippen LogP contribution in [0.1, 0.15) is 51.7 Å². The largest absolute Gasteiger partial charge is 0.309 e. The van der Waals surface area contributed by atoms with Crippen LogP contribution in [-0.2, 0) is 10.8 Å². The SMILES string of the molecule is CC1(C)CCC(C)(C)c2cc3c(cc21)c1cc2ccccc2cc1n3-c1cccc(-c2nc(-c3ccc4ccccc4c3)nc(-c3ccc4c(c3)sc3ccccc34)n2)c1. The highest BCUT2D eigenvalue weighted by Crippen LogP contribution is 2.49. The van der Waals surface area contributed by atoms with Crippen LogP contribution in [0.2, 0.25) is 0 Å². The Labute approximate surface area is 352 Å². The molecule has 3 heterocycles. The maximum Gasteiger partial charge on any atom is 0.164 e. The number of benzene rings is 8. The highest BCUT2D eigenvalue weighted by Gasteiger charge is 2.38. The molecule has 12 rings (SSSR count). The lowest BCUT2D eigenvalue weighted by atomic mass is 9.63. The van der Waals surface area contributed by atoms with Gasteiger partial charge in [-0.25, -0.2) is 15.0 Å². The minimum atomic E-state index is 0.0756. The quantitative estimate of drug-likeness (QED) is 0.178. The topological polar surface area (TPSA) is 43.6 Å². The molecule has 0 fully saturated rings. The van der Waals surface area contributed by atoms with Crippen molar-refractivity contribution in [3.63, 3.8) is 0 Å². The first-order valence-electron chi connectivity index (χ1n) is 21.0. The molecule has 1 aliphatic carbocycles. The third-order valence-electron chi connectivity index (χ3n) is 13.2. The fraction of sp³-hybridized carbons (Fsp3) is 0.145. The summed E-state index contributed by atoms with van der Waals surface area (Å²) in [6, 6.07) is 57.5. The lowest BCUT2D eigenvalue weighted by Crippen LogP contribution is -2.33. The summed E-state index contributed by atoms with van der Waals surface area (Å²) in [5, 5.41) is 9.92. The molecule has 4 nitrogen and oxygen atoms in total. The first kappa shape index (κ1) is 35.3. The maximum absolute atomic E-state index is 5.28. The molecule has 8 aromatic carbocycles. The summed E-state index contributed by atoms with van der Waals surface area (Å²) in [6.45, 7) is 9.67. The Morgan fingerprint density at radius 1 is 0.417 bits per heavy atom. The Morgan fingerprint density at radius 2 is 0.967 bits per heavy atom. The van der Waals surface area contributed by atoms with Gasteiger partial charge in [0.05, 0.1) is 11.0 Å².